The van der Waals surface area contributed by atoms with Gasteiger partial charge in [0.05, 0.1) is 6.10 Å². The van der Waals surface area contributed by atoms with Crippen LogP contribution in [0.1, 0.15) is 17.2 Å². The number of aliphatic hydroxyl groups is 1. The molecule has 1 aromatic heterocycles. The maximum atomic E-state index is 12.8. The highest BCUT2D eigenvalue weighted by Gasteiger charge is 2.18. The Morgan fingerprint density at radius 3 is 2.59 bits per heavy atom. The lowest BCUT2D eigenvalue weighted by atomic mass is 10.1. The third-order valence-corrected chi connectivity index (χ3v) is 4.81. The van der Waals surface area contributed by atoms with Crippen LogP contribution in [-0.4, -0.2) is 25.1 Å². The normalized spacial score (nSPS) is 13.1. The first-order valence-electron chi connectivity index (χ1n) is 6.35. The van der Waals surface area contributed by atoms with Crippen molar-refractivity contribution in [1.82, 2.24) is 9.71 Å². The number of benzene rings is 1. The van der Waals surface area contributed by atoms with Gasteiger partial charge in [-0.2, -0.15) is 0 Å². The summed E-state index contributed by atoms with van der Waals surface area (Å²) in [4.78, 5) is 3.74. The van der Waals surface area contributed by atoms with E-state index in [2.05, 4.69) is 9.71 Å². The van der Waals surface area contributed by atoms with Crippen LogP contribution in [0.2, 0.25) is 5.15 Å². The lowest BCUT2D eigenvalue weighted by Crippen LogP contribution is -2.28. The summed E-state index contributed by atoms with van der Waals surface area (Å²) in [6, 6.07) is 6.56. The maximum absolute atomic E-state index is 12.8. The fourth-order valence-electron chi connectivity index (χ4n) is 1.75. The first-order valence-corrected chi connectivity index (χ1v) is 8.21. The van der Waals surface area contributed by atoms with Crippen molar-refractivity contribution in [3.63, 3.8) is 0 Å². The van der Waals surface area contributed by atoms with Gasteiger partial charge in [0.2, 0.25) is 10.0 Å². The largest absolute Gasteiger partial charge is 0.387 e. The van der Waals surface area contributed by atoms with Crippen molar-refractivity contribution in [2.75, 3.05) is 6.54 Å². The zero-order chi connectivity index (χ0) is 16.3. The summed E-state index contributed by atoms with van der Waals surface area (Å²) in [5.41, 5.74) is 0.943. The van der Waals surface area contributed by atoms with Crippen LogP contribution in [0.15, 0.2) is 41.4 Å². The van der Waals surface area contributed by atoms with E-state index in [-0.39, 0.29) is 16.6 Å². The van der Waals surface area contributed by atoms with Crippen molar-refractivity contribution < 1.29 is 17.9 Å². The van der Waals surface area contributed by atoms with Crippen molar-refractivity contribution >= 4 is 21.6 Å². The van der Waals surface area contributed by atoms with Crippen molar-refractivity contribution in [3.05, 3.63) is 58.6 Å². The first kappa shape index (κ1) is 16.8. The summed E-state index contributed by atoms with van der Waals surface area (Å²) in [6.07, 6.45) is 0.0545. The number of rotatable bonds is 5. The molecule has 0 amide bonds. The second-order valence-electron chi connectivity index (χ2n) is 4.70. The Morgan fingerprint density at radius 1 is 1.36 bits per heavy atom. The van der Waals surface area contributed by atoms with Crippen LogP contribution in [0.5, 0.6) is 0 Å². The van der Waals surface area contributed by atoms with Crippen LogP contribution >= 0.6 is 11.6 Å². The highest BCUT2D eigenvalue weighted by Crippen LogP contribution is 2.17. The molecular formula is C14H14ClFN2O3S. The molecule has 2 N–H and O–H groups in total. The van der Waals surface area contributed by atoms with Gasteiger partial charge in [-0.3, -0.25) is 0 Å². The number of aromatic nitrogens is 1. The van der Waals surface area contributed by atoms with Crippen molar-refractivity contribution in [2.24, 2.45) is 0 Å². The zero-order valence-corrected chi connectivity index (χ0v) is 13.2. The quantitative estimate of drug-likeness (QED) is 0.815. The standard InChI is InChI=1S/C14H14ClFN2O3S/c1-9-6-12(7-17-14(9)15)22(20,21)18-8-13(19)10-2-4-11(16)5-3-10/h2-7,13,18-19H,8H2,1H3. The number of aryl methyl sites for hydroxylation is 1. The highest BCUT2D eigenvalue weighted by atomic mass is 35.5. The van der Waals surface area contributed by atoms with E-state index in [1.807, 2.05) is 0 Å². The van der Waals surface area contributed by atoms with E-state index >= 15 is 0 Å². The summed E-state index contributed by atoms with van der Waals surface area (Å²) in [5.74, 6) is -0.431. The molecule has 0 bridgehead atoms. The Morgan fingerprint density at radius 2 is 2.00 bits per heavy atom. The van der Waals surface area contributed by atoms with Crippen LogP contribution in [0, 0.1) is 12.7 Å². The molecule has 5 nitrogen and oxygen atoms in total. The van der Waals surface area contributed by atoms with E-state index in [0.717, 1.165) is 6.20 Å². The number of aliphatic hydroxyl groups excluding tert-OH is 1. The molecule has 1 unspecified atom stereocenters. The minimum Gasteiger partial charge on any atom is -0.387 e. The van der Waals surface area contributed by atoms with Gasteiger partial charge < -0.3 is 5.11 Å². The molecule has 8 heteroatoms. The molecule has 1 heterocycles. The third kappa shape index (κ3) is 4.01. The lowest BCUT2D eigenvalue weighted by molar-refractivity contribution is 0.182. The number of nitrogens with zero attached hydrogens (tertiary/aromatic N) is 1. The summed E-state index contributed by atoms with van der Waals surface area (Å²) in [5, 5.41) is 10.2. The topological polar surface area (TPSA) is 79.3 Å². The maximum Gasteiger partial charge on any atom is 0.242 e. The molecule has 0 radical (unpaired) electrons. The van der Waals surface area contributed by atoms with Gasteiger partial charge in [0.25, 0.3) is 0 Å². The molecule has 1 aromatic carbocycles. The van der Waals surface area contributed by atoms with Gasteiger partial charge in [-0.05, 0) is 36.2 Å². The van der Waals surface area contributed by atoms with Crippen LogP contribution in [-0.2, 0) is 10.0 Å². The molecule has 0 spiro atoms. The van der Waals surface area contributed by atoms with Crippen molar-refractivity contribution in [3.8, 4) is 0 Å². The lowest BCUT2D eigenvalue weighted by Gasteiger charge is -2.13. The monoisotopic (exact) mass is 344 g/mol. The Labute approximate surface area is 132 Å². The molecule has 0 aliphatic heterocycles. The molecule has 0 saturated carbocycles. The number of halogens is 2. The van der Waals surface area contributed by atoms with Gasteiger partial charge in [0, 0.05) is 12.7 Å². The average molecular weight is 345 g/mol. The highest BCUT2D eigenvalue weighted by molar-refractivity contribution is 7.89. The predicted octanol–water partition coefficient (Wildman–Crippen LogP) is 2.19. The van der Waals surface area contributed by atoms with E-state index in [9.17, 15) is 17.9 Å². The van der Waals surface area contributed by atoms with Gasteiger partial charge >= 0.3 is 0 Å². The van der Waals surface area contributed by atoms with Gasteiger partial charge in [0.1, 0.15) is 15.9 Å². The smallest absolute Gasteiger partial charge is 0.242 e. The van der Waals surface area contributed by atoms with Gasteiger partial charge in [-0.1, -0.05) is 23.7 Å². The average Bonchev–Trinajstić information content (AvgIpc) is 2.48. The Balaban J connectivity index is 2.09. The number of sulfonamides is 1. The fourth-order valence-corrected chi connectivity index (χ4v) is 2.92. The van der Waals surface area contributed by atoms with E-state index < -0.39 is 21.9 Å². The van der Waals surface area contributed by atoms with E-state index in [1.54, 1.807) is 6.92 Å². The predicted molar refractivity (Wildman–Crippen MR) is 80.5 cm³/mol. The van der Waals surface area contributed by atoms with E-state index in [1.165, 1.54) is 30.3 Å². The molecule has 2 aromatic rings. The molecule has 22 heavy (non-hydrogen) atoms. The Hall–Kier alpha value is -1.54. The molecule has 0 fully saturated rings. The summed E-state index contributed by atoms with van der Waals surface area (Å²) in [7, 11) is -3.82. The zero-order valence-electron chi connectivity index (χ0n) is 11.6. The van der Waals surface area contributed by atoms with Crippen LogP contribution in [0.4, 0.5) is 4.39 Å². The molecule has 0 aliphatic rings. The number of hydrogen-bond acceptors (Lipinski definition) is 4. The molecule has 0 saturated heterocycles. The minimum absolute atomic E-state index is 0.0410. The Kier molecular flexibility index (Phi) is 5.12. The van der Waals surface area contributed by atoms with Crippen LogP contribution in [0.25, 0.3) is 0 Å². The SMILES string of the molecule is Cc1cc(S(=O)(=O)NCC(O)c2ccc(F)cc2)cnc1Cl. The van der Waals surface area contributed by atoms with E-state index in [0.29, 0.717) is 11.1 Å². The second-order valence-corrected chi connectivity index (χ2v) is 6.82. The number of pyridine rings is 1. The third-order valence-electron chi connectivity index (χ3n) is 3.02. The molecule has 1 atom stereocenters. The van der Waals surface area contributed by atoms with E-state index in [4.69, 9.17) is 11.6 Å². The fraction of sp³-hybridized carbons (Fsp3) is 0.214. The van der Waals surface area contributed by atoms with Gasteiger partial charge in [-0.25, -0.2) is 22.5 Å². The first-order chi connectivity index (χ1) is 10.3. The second kappa shape index (κ2) is 6.70. The molecule has 2 rings (SSSR count). The summed E-state index contributed by atoms with van der Waals surface area (Å²) < 4.78 is 39.3. The molecule has 118 valence electrons. The molecular weight excluding hydrogens is 331 g/mol. The van der Waals surface area contributed by atoms with Crippen LogP contribution < -0.4 is 4.72 Å². The summed E-state index contributed by atoms with van der Waals surface area (Å²) >= 11 is 5.75. The number of hydrogen-bond donors (Lipinski definition) is 2. The van der Waals surface area contributed by atoms with Crippen molar-refractivity contribution in [1.29, 1.82) is 0 Å². The number of nitrogens with one attached hydrogen (secondary N) is 1. The summed E-state index contributed by atoms with van der Waals surface area (Å²) in [6.45, 7) is 1.40. The van der Waals surface area contributed by atoms with Gasteiger partial charge in [0.15, 0.2) is 0 Å². The molecule has 0 aliphatic carbocycles. The van der Waals surface area contributed by atoms with Gasteiger partial charge in [-0.15, -0.1) is 0 Å². The Bertz CT molecular complexity index is 766. The van der Waals surface area contributed by atoms with Crippen LogP contribution in [0.3, 0.4) is 0 Å². The minimum atomic E-state index is -3.82. The van der Waals surface area contributed by atoms with Crippen molar-refractivity contribution in [2.45, 2.75) is 17.9 Å².